The highest BCUT2D eigenvalue weighted by Gasteiger charge is 2.09. The van der Waals surface area contributed by atoms with E-state index in [4.69, 9.17) is 5.11 Å². The Morgan fingerprint density at radius 1 is 1.65 bits per heavy atom. The Bertz CT molecular complexity index is 606. The van der Waals surface area contributed by atoms with Crippen LogP contribution in [0.3, 0.4) is 0 Å². The lowest BCUT2D eigenvalue weighted by Crippen LogP contribution is -2.26. The Balaban J connectivity index is 2.24. The van der Waals surface area contributed by atoms with Crippen LogP contribution in [-0.2, 0) is 11.3 Å². The highest BCUT2D eigenvalue weighted by molar-refractivity contribution is 7.14. The third kappa shape index (κ3) is 2.66. The molecule has 2 aromatic rings. The fraction of sp³-hybridized carbons (Fsp3) is 0.333. The van der Waals surface area contributed by atoms with Gasteiger partial charge >= 0.3 is 5.97 Å². The number of carboxylic acid groups (broad SMARTS) is 1. The van der Waals surface area contributed by atoms with Gasteiger partial charge in [-0.25, -0.2) is 4.98 Å². The van der Waals surface area contributed by atoms with Gasteiger partial charge in [-0.05, 0) is 7.05 Å². The maximum atomic E-state index is 11.6. The minimum atomic E-state index is -0.914. The summed E-state index contributed by atoms with van der Waals surface area (Å²) < 4.78 is 1.21. The number of likely N-dealkylation sites (N-methyl/N-ethyl adjacent to an activating group) is 1. The molecule has 0 aliphatic carbocycles. The van der Waals surface area contributed by atoms with Gasteiger partial charge in [0.25, 0.3) is 5.56 Å². The number of hydrogen-bond acceptors (Lipinski definition) is 6. The minimum absolute atomic E-state index is 0.0935. The van der Waals surface area contributed by atoms with Gasteiger partial charge in [-0.3, -0.25) is 14.5 Å². The van der Waals surface area contributed by atoms with E-state index >= 15 is 0 Å². The molecule has 7 nitrogen and oxygen atoms in total. The molecule has 0 radical (unpaired) electrons. The van der Waals surface area contributed by atoms with Gasteiger partial charge in [-0.2, -0.15) is 9.61 Å². The number of aromatic nitrogens is 3. The van der Waals surface area contributed by atoms with Crippen molar-refractivity contribution in [1.82, 2.24) is 19.5 Å². The molecule has 0 aliphatic rings. The average Bonchev–Trinajstić information content (AvgIpc) is 2.64. The molecule has 8 heteroatoms. The standard InChI is InChI=1S/C9H10N4O3S/c1-12(4-8(15)16)3-6-2-7(14)13-9(11-6)17-5-10-13/h2,5H,3-4H2,1H3,(H,15,16). The van der Waals surface area contributed by atoms with Crippen molar-refractivity contribution in [2.75, 3.05) is 13.6 Å². The molecule has 0 aromatic carbocycles. The summed E-state index contributed by atoms with van der Waals surface area (Å²) in [5.74, 6) is -0.914. The number of carbonyl (C=O) groups is 1. The predicted molar refractivity (Wildman–Crippen MR) is 61.1 cm³/mol. The van der Waals surface area contributed by atoms with Crippen molar-refractivity contribution in [3.8, 4) is 0 Å². The van der Waals surface area contributed by atoms with Gasteiger partial charge < -0.3 is 5.11 Å². The van der Waals surface area contributed by atoms with E-state index in [-0.39, 0.29) is 12.1 Å². The predicted octanol–water partition coefficient (Wildman–Crippen LogP) is -0.333. The van der Waals surface area contributed by atoms with Crippen LogP contribution in [-0.4, -0.2) is 44.2 Å². The molecule has 0 unspecified atom stereocenters. The zero-order valence-corrected chi connectivity index (χ0v) is 9.85. The summed E-state index contributed by atoms with van der Waals surface area (Å²) in [4.78, 5) is 28.4. The molecule has 2 aromatic heterocycles. The first-order chi connectivity index (χ1) is 8.06. The average molecular weight is 254 g/mol. The Labute approximate surface area is 99.9 Å². The number of aliphatic carboxylic acids is 1. The van der Waals surface area contributed by atoms with Crippen LogP contribution in [0.4, 0.5) is 0 Å². The fourth-order valence-electron chi connectivity index (χ4n) is 1.45. The number of carboxylic acids is 1. The summed E-state index contributed by atoms with van der Waals surface area (Å²) in [7, 11) is 1.66. The van der Waals surface area contributed by atoms with E-state index in [1.54, 1.807) is 11.9 Å². The van der Waals surface area contributed by atoms with Gasteiger partial charge in [-0.15, -0.1) is 0 Å². The van der Waals surface area contributed by atoms with Crippen LogP contribution in [0.5, 0.6) is 0 Å². The van der Waals surface area contributed by atoms with Gasteiger partial charge in [0.1, 0.15) is 5.51 Å². The fourth-order valence-corrected chi connectivity index (χ4v) is 2.09. The van der Waals surface area contributed by atoms with Crippen molar-refractivity contribution < 1.29 is 9.90 Å². The summed E-state index contributed by atoms with van der Waals surface area (Å²) in [5, 5.41) is 12.5. The lowest BCUT2D eigenvalue weighted by molar-refractivity contribution is -0.138. The molecule has 0 fully saturated rings. The summed E-state index contributed by atoms with van der Waals surface area (Å²) in [5.41, 5.74) is 1.83. The summed E-state index contributed by atoms with van der Waals surface area (Å²) in [6.45, 7) is 0.222. The van der Waals surface area contributed by atoms with Gasteiger partial charge in [0, 0.05) is 12.6 Å². The minimum Gasteiger partial charge on any atom is -0.480 e. The van der Waals surface area contributed by atoms with Gasteiger partial charge in [-0.1, -0.05) is 11.3 Å². The van der Waals surface area contributed by atoms with Crippen molar-refractivity contribution in [1.29, 1.82) is 0 Å². The number of rotatable bonds is 4. The van der Waals surface area contributed by atoms with Crippen molar-refractivity contribution in [2.24, 2.45) is 0 Å². The van der Waals surface area contributed by atoms with Crippen LogP contribution in [0, 0.1) is 0 Å². The molecule has 17 heavy (non-hydrogen) atoms. The molecule has 0 aliphatic heterocycles. The molecule has 0 saturated carbocycles. The Morgan fingerprint density at radius 2 is 2.41 bits per heavy atom. The number of hydrogen-bond donors (Lipinski definition) is 1. The summed E-state index contributed by atoms with van der Waals surface area (Å²) in [6.07, 6.45) is 0. The molecule has 0 saturated heterocycles. The molecule has 0 bridgehead atoms. The quantitative estimate of drug-likeness (QED) is 0.803. The van der Waals surface area contributed by atoms with Crippen LogP contribution >= 0.6 is 11.3 Å². The molecule has 0 atom stereocenters. The maximum Gasteiger partial charge on any atom is 0.317 e. The summed E-state index contributed by atoms with van der Waals surface area (Å²) in [6, 6.07) is 1.37. The van der Waals surface area contributed by atoms with E-state index in [1.165, 1.54) is 27.4 Å². The smallest absolute Gasteiger partial charge is 0.317 e. The monoisotopic (exact) mass is 254 g/mol. The van der Waals surface area contributed by atoms with Crippen molar-refractivity contribution in [3.63, 3.8) is 0 Å². The third-order valence-corrected chi connectivity index (χ3v) is 2.75. The van der Waals surface area contributed by atoms with Gasteiger partial charge in [0.2, 0.25) is 4.96 Å². The number of fused-ring (bicyclic) bond motifs is 1. The first kappa shape index (κ1) is 11.7. The number of nitrogens with zero attached hydrogens (tertiary/aromatic N) is 4. The first-order valence-electron chi connectivity index (χ1n) is 4.79. The molecule has 1 N–H and O–H groups in total. The highest BCUT2D eigenvalue weighted by atomic mass is 32.1. The van der Waals surface area contributed by atoms with E-state index in [2.05, 4.69) is 10.1 Å². The van der Waals surface area contributed by atoms with E-state index in [9.17, 15) is 9.59 Å². The molecular formula is C9H10N4O3S. The van der Waals surface area contributed by atoms with E-state index in [1.807, 2.05) is 0 Å². The lowest BCUT2D eigenvalue weighted by Gasteiger charge is -2.12. The van der Waals surface area contributed by atoms with Crippen molar-refractivity contribution >= 4 is 22.3 Å². The molecular weight excluding hydrogens is 244 g/mol. The molecule has 0 spiro atoms. The van der Waals surface area contributed by atoms with Gasteiger partial charge in [0.15, 0.2) is 0 Å². The molecule has 90 valence electrons. The topological polar surface area (TPSA) is 87.8 Å². The zero-order valence-electron chi connectivity index (χ0n) is 9.03. The highest BCUT2D eigenvalue weighted by Crippen LogP contribution is 2.05. The van der Waals surface area contributed by atoms with Gasteiger partial charge in [0.05, 0.1) is 12.2 Å². The Kier molecular flexibility index (Phi) is 3.16. The second-order valence-corrected chi connectivity index (χ2v) is 4.40. The second kappa shape index (κ2) is 4.60. The first-order valence-corrected chi connectivity index (χ1v) is 5.67. The molecule has 0 amide bonds. The Morgan fingerprint density at radius 3 is 3.12 bits per heavy atom. The molecule has 2 heterocycles. The van der Waals surface area contributed by atoms with E-state index in [0.717, 1.165) is 0 Å². The normalized spacial score (nSPS) is 11.2. The Hall–Kier alpha value is -1.80. The second-order valence-electron chi connectivity index (χ2n) is 3.58. The van der Waals surface area contributed by atoms with Crippen LogP contribution in [0.25, 0.3) is 4.96 Å². The zero-order chi connectivity index (χ0) is 12.4. The SMILES string of the molecule is CN(CC(=O)O)Cc1cc(=O)n2ncsc2n1. The third-order valence-electron chi connectivity index (χ3n) is 2.08. The summed E-state index contributed by atoms with van der Waals surface area (Å²) >= 11 is 1.26. The largest absolute Gasteiger partial charge is 0.480 e. The van der Waals surface area contributed by atoms with Crippen LogP contribution in [0.1, 0.15) is 5.69 Å². The van der Waals surface area contributed by atoms with Crippen molar-refractivity contribution in [3.05, 3.63) is 27.6 Å². The molecule has 2 rings (SSSR count). The maximum absolute atomic E-state index is 11.6. The van der Waals surface area contributed by atoms with Crippen LogP contribution < -0.4 is 5.56 Å². The van der Waals surface area contributed by atoms with Crippen LogP contribution in [0.15, 0.2) is 16.4 Å². The van der Waals surface area contributed by atoms with Crippen LogP contribution in [0.2, 0.25) is 0 Å². The van der Waals surface area contributed by atoms with E-state index in [0.29, 0.717) is 17.2 Å². The van der Waals surface area contributed by atoms with E-state index < -0.39 is 5.97 Å². The lowest BCUT2D eigenvalue weighted by atomic mass is 10.3. The van der Waals surface area contributed by atoms with Crippen molar-refractivity contribution in [2.45, 2.75) is 6.54 Å².